The van der Waals surface area contributed by atoms with Crippen molar-refractivity contribution >= 4 is 11.6 Å². The van der Waals surface area contributed by atoms with Gasteiger partial charge in [0.2, 0.25) is 0 Å². The van der Waals surface area contributed by atoms with E-state index in [4.69, 9.17) is 5.73 Å². The maximum absolute atomic E-state index is 6.00. The van der Waals surface area contributed by atoms with E-state index < -0.39 is 0 Å². The number of hydrogen-bond acceptors (Lipinski definition) is 2. The minimum Gasteiger partial charge on any atom is -0.370 e. The van der Waals surface area contributed by atoms with Crippen LogP contribution in [0.4, 0.5) is 5.69 Å². The first-order chi connectivity index (χ1) is 12.1. The first kappa shape index (κ1) is 17.5. The molecule has 132 valence electrons. The molecule has 0 aliphatic carbocycles. The molecule has 2 aromatic rings. The summed E-state index contributed by atoms with van der Waals surface area (Å²) >= 11 is 0. The smallest absolute Gasteiger partial charge is 0.193 e. The van der Waals surface area contributed by atoms with Crippen molar-refractivity contribution in [2.45, 2.75) is 33.2 Å². The molecule has 1 aliphatic rings. The third kappa shape index (κ3) is 4.83. The molecule has 1 aliphatic heterocycles. The molecule has 0 aromatic heterocycles. The lowest BCUT2D eigenvalue weighted by Crippen LogP contribution is -2.31. The van der Waals surface area contributed by atoms with Crippen molar-refractivity contribution in [2.75, 3.05) is 25.0 Å². The summed E-state index contributed by atoms with van der Waals surface area (Å²) in [4.78, 5) is 6.96. The Labute approximate surface area is 150 Å². The largest absolute Gasteiger partial charge is 0.370 e. The molecule has 0 unspecified atom stereocenters. The quantitative estimate of drug-likeness (QED) is 0.499. The summed E-state index contributed by atoms with van der Waals surface area (Å²) in [6.45, 7) is 8.21. The van der Waals surface area contributed by atoms with Gasteiger partial charge in [-0.05, 0) is 61.1 Å². The summed E-state index contributed by atoms with van der Waals surface area (Å²) in [5.74, 6) is 0.493. The normalized spacial score (nSPS) is 15.0. The Morgan fingerprint density at radius 1 is 1.12 bits per heavy atom. The molecular weight excluding hydrogens is 308 g/mol. The maximum Gasteiger partial charge on any atom is 0.193 e. The number of aryl methyl sites for hydroxylation is 2. The standard InChI is InChI=1S/C21H28N4/c1-16-8-9-20(14-17(16)2)24-21(22)23-11-5-12-25-13-10-18-6-3-4-7-19(18)15-25/h3-4,6-9,14H,5,10-13,15H2,1-2H3,(H3,22,23,24). The number of hydrogen-bond donors (Lipinski definition) is 2. The molecule has 4 nitrogen and oxygen atoms in total. The number of benzene rings is 2. The monoisotopic (exact) mass is 336 g/mol. The zero-order valence-electron chi connectivity index (χ0n) is 15.3. The van der Waals surface area contributed by atoms with Gasteiger partial charge in [-0.15, -0.1) is 0 Å². The zero-order valence-corrected chi connectivity index (χ0v) is 15.3. The average molecular weight is 336 g/mol. The number of nitrogens with one attached hydrogen (secondary N) is 1. The van der Waals surface area contributed by atoms with Crippen LogP contribution in [0.1, 0.15) is 28.7 Å². The van der Waals surface area contributed by atoms with Gasteiger partial charge in [0, 0.05) is 31.9 Å². The summed E-state index contributed by atoms with van der Waals surface area (Å²) in [6.07, 6.45) is 2.17. The zero-order chi connectivity index (χ0) is 17.6. The van der Waals surface area contributed by atoms with E-state index in [-0.39, 0.29) is 0 Å². The highest BCUT2D eigenvalue weighted by atomic mass is 15.1. The number of fused-ring (bicyclic) bond motifs is 1. The molecule has 0 saturated heterocycles. The number of nitrogens with zero attached hydrogens (tertiary/aromatic N) is 2. The van der Waals surface area contributed by atoms with Gasteiger partial charge in [-0.3, -0.25) is 9.89 Å². The average Bonchev–Trinajstić information content (AvgIpc) is 2.62. The first-order valence-electron chi connectivity index (χ1n) is 9.05. The fourth-order valence-corrected chi connectivity index (χ4v) is 3.25. The number of anilines is 1. The number of rotatable bonds is 5. The van der Waals surface area contributed by atoms with Crippen molar-refractivity contribution in [2.24, 2.45) is 10.7 Å². The SMILES string of the molecule is Cc1ccc(NC(N)=NCCCN2CCc3ccccc3C2)cc1C. The third-order valence-corrected chi connectivity index (χ3v) is 4.90. The molecule has 3 rings (SSSR count). The van der Waals surface area contributed by atoms with E-state index in [0.29, 0.717) is 5.96 Å². The lowest BCUT2D eigenvalue weighted by molar-refractivity contribution is 0.253. The van der Waals surface area contributed by atoms with Crippen LogP contribution in [0, 0.1) is 13.8 Å². The number of aliphatic imine (C=N–C) groups is 1. The fraction of sp³-hybridized carbons (Fsp3) is 0.381. The van der Waals surface area contributed by atoms with Crippen LogP contribution in [-0.2, 0) is 13.0 Å². The van der Waals surface area contributed by atoms with E-state index in [1.165, 1.54) is 22.3 Å². The van der Waals surface area contributed by atoms with Gasteiger partial charge in [-0.25, -0.2) is 0 Å². The molecular formula is C21H28N4. The fourth-order valence-electron chi connectivity index (χ4n) is 3.25. The first-order valence-corrected chi connectivity index (χ1v) is 9.05. The Bertz CT molecular complexity index is 751. The molecule has 0 atom stereocenters. The van der Waals surface area contributed by atoms with E-state index >= 15 is 0 Å². The summed E-state index contributed by atoms with van der Waals surface area (Å²) < 4.78 is 0. The van der Waals surface area contributed by atoms with Gasteiger partial charge in [0.05, 0.1) is 0 Å². The van der Waals surface area contributed by atoms with E-state index in [1.54, 1.807) is 0 Å². The summed E-state index contributed by atoms with van der Waals surface area (Å²) in [6, 6.07) is 15.0. The molecule has 0 fully saturated rings. The van der Waals surface area contributed by atoms with Crippen LogP contribution >= 0.6 is 0 Å². The van der Waals surface area contributed by atoms with Gasteiger partial charge in [0.25, 0.3) is 0 Å². The van der Waals surface area contributed by atoms with E-state index in [1.807, 2.05) is 6.07 Å². The van der Waals surface area contributed by atoms with Crippen LogP contribution in [-0.4, -0.2) is 30.5 Å². The third-order valence-electron chi connectivity index (χ3n) is 4.90. The van der Waals surface area contributed by atoms with E-state index in [2.05, 4.69) is 65.5 Å². The maximum atomic E-state index is 6.00. The van der Waals surface area contributed by atoms with Gasteiger partial charge in [-0.2, -0.15) is 0 Å². The van der Waals surface area contributed by atoms with Crippen LogP contribution in [0.2, 0.25) is 0 Å². The molecule has 1 heterocycles. The van der Waals surface area contributed by atoms with Crippen LogP contribution in [0.15, 0.2) is 47.5 Å². The Morgan fingerprint density at radius 2 is 1.92 bits per heavy atom. The Morgan fingerprint density at radius 3 is 2.72 bits per heavy atom. The highest BCUT2D eigenvalue weighted by Crippen LogP contribution is 2.18. The van der Waals surface area contributed by atoms with Crippen LogP contribution < -0.4 is 11.1 Å². The molecule has 4 heteroatoms. The molecule has 25 heavy (non-hydrogen) atoms. The molecule has 2 aromatic carbocycles. The van der Waals surface area contributed by atoms with Gasteiger partial charge in [-0.1, -0.05) is 30.3 Å². The van der Waals surface area contributed by atoms with Gasteiger partial charge < -0.3 is 11.1 Å². The molecule has 0 spiro atoms. The van der Waals surface area contributed by atoms with Crippen molar-refractivity contribution < 1.29 is 0 Å². The Balaban J connectivity index is 1.43. The lowest BCUT2D eigenvalue weighted by atomic mass is 10.00. The van der Waals surface area contributed by atoms with E-state index in [0.717, 1.165) is 44.7 Å². The second-order valence-electron chi connectivity index (χ2n) is 6.84. The van der Waals surface area contributed by atoms with E-state index in [9.17, 15) is 0 Å². The van der Waals surface area contributed by atoms with Gasteiger partial charge in [0.15, 0.2) is 5.96 Å². The summed E-state index contributed by atoms with van der Waals surface area (Å²) in [5.41, 5.74) is 12.5. The second-order valence-corrected chi connectivity index (χ2v) is 6.84. The molecule has 0 radical (unpaired) electrons. The predicted molar refractivity (Wildman–Crippen MR) is 106 cm³/mol. The number of nitrogens with two attached hydrogens (primary N) is 1. The van der Waals surface area contributed by atoms with Gasteiger partial charge >= 0.3 is 0 Å². The minimum absolute atomic E-state index is 0.493. The van der Waals surface area contributed by atoms with Gasteiger partial charge in [0.1, 0.15) is 0 Å². The van der Waals surface area contributed by atoms with Crippen molar-refractivity contribution in [3.63, 3.8) is 0 Å². The second kappa shape index (κ2) is 8.17. The van der Waals surface area contributed by atoms with Crippen molar-refractivity contribution in [1.29, 1.82) is 0 Å². The molecule has 0 bridgehead atoms. The number of guanidine groups is 1. The summed E-state index contributed by atoms with van der Waals surface area (Å²) in [7, 11) is 0. The predicted octanol–water partition coefficient (Wildman–Crippen LogP) is 3.48. The molecule has 0 amide bonds. The Hall–Kier alpha value is -2.33. The van der Waals surface area contributed by atoms with Crippen molar-refractivity contribution in [1.82, 2.24) is 4.90 Å². The van der Waals surface area contributed by atoms with Crippen molar-refractivity contribution in [3.05, 3.63) is 64.7 Å². The highest BCUT2D eigenvalue weighted by Gasteiger charge is 2.14. The molecule has 3 N–H and O–H groups in total. The van der Waals surface area contributed by atoms with Crippen LogP contribution in [0.25, 0.3) is 0 Å². The summed E-state index contributed by atoms with van der Waals surface area (Å²) in [5, 5.41) is 3.18. The van der Waals surface area contributed by atoms with Crippen molar-refractivity contribution in [3.8, 4) is 0 Å². The topological polar surface area (TPSA) is 53.6 Å². The highest BCUT2D eigenvalue weighted by molar-refractivity contribution is 5.92. The Kier molecular flexibility index (Phi) is 5.71. The van der Waals surface area contributed by atoms with Crippen LogP contribution in [0.5, 0.6) is 0 Å². The molecule has 0 saturated carbocycles. The van der Waals surface area contributed by atoms with Crippen LogP contribution in [0.3, 0.4) is 0 Å². The minimum atomic E-state index is 0.493. The lowest BCUT2D eigenvalue weighted by Gasteiger charge is -2.28.